The number of β-lactam (4-membered cyclic amide) rings is 1. The lowest BCUT2D eigenvalue weighted by Gasteiger charge is -2.64. The van der Waals surface area contributed by atoms with Gasteiger partial charge in [-0.2, -0.15) is 0 Å². The van der Waals surface area contributed by atoms with E-state index in [0.717, 1.165) is 37.4 Å². The van der Waals surface area contributed by atoms with Crippen LogP contribution < -0.4 is 10.1 Å². The van der Waals surface area contributed by atoms with E-state index in [0.29, 0.717) is 32.5 Å². The van der Waals surface area contributed by atoms with Gasteiger partial charge in [0.2, 0.25) is 11.8 Å². The average Bonchev–Trinajstić information content (AvgIpc) is 3.00. The van der Waals surface area contributed by atoms with Crippen molar-refractivity contribution in [2.45, 2.75) is 45.1 Å². The van der Waals surface area contributed by atoms with E-state index in [1.54, 1.807) is 19.1 Å². The van der Waals surface area contributed by atoms with Crippen molar-refractivity contribution in [2.75, 3.05) is 40.5 Å². The fourth-order valence-corrected chi connectivity index (χ4v) is 6.35. The lowest BCUT2D eigenvalue weighted by atomic mass is 9.65. The number of amides is 1. The molecule has 0 radical (unpaired) electrons. The van der Waals surface area contributed by atoms with E-state index in [2.05, 4.69) is 65.7 Å². The molecule has 7 heteroatoms. The third kappa shape index (κ3) is 5.27. The predicted octanol–water partition coefficient (Wildman–Crippen LogP) is 4.43. The number of aliphatic hydroxyl groups is 1. The third-order valence-electron chi connectivity index (χ3n) is 8.62. The first kappa shape index (κ1) is 28.3. The number of nitrogens with one attached hydrogen (secondary N) is 1. The summed E-state index contributed by atoms with van der Waals surface area (Å²) in [5, 5.41) is 15.3. The van der Waals surface area contributed by atoms with Gasteiger partial charge in [-0.05, 0) is 78.4 Å². The summed E-state index contributed by atoms with van der Waals surface area (Å²) in [5.41, 5.74) is 5.19. The molecule has 1 atom stereocenters. The predicted molar refractivity (Wildman–Crippen MR) is 157 cm³/mol. The normalized spacial score (nSPS) is 20.5. The number of rotatable bonds is 11. The molecule has 2 saturated heterocycles. The van der Waals surface area contributed by atoms with Crippen molar-refractivity contribution < 1.29 is 19.4 Å². The van der Waals surface area contributed by atoms with E-state index < -0.39 is 11.3 Å². The molecule has 3 aromatic carbocycles. The van der Waals surface area contributed by atoms with Crippen LogP contribution in [-0.2, 0) is 29.0 Å². The highest BCUT2D eigenvalue weighted by Crippen LogP contribution is 2.53. The van der Waals surface area contributed by atoms with Crippen molar-refractivity contribution >= 4 is 5.91 Å². The summed E-state index contributed by atoms with van der Waals surface area (Å²) in [4.78, 5) is 17.7. The number of carbonyl (C=O) groups is 1. The fraction of sp³-hybridized carbons (Fsp3) is 0.424. The Morgan fingerprint density at radius 1 is 0.925 bits per heavy atom. The van der Waals surface area contributed by atoms with E-state index in [9.17, 15) is 9.90 Å². The van der Waals surface area contributed by atoms with Gasteiger partial charge in [0.25, 0.3) is 0 Å². The van der Waals surface area contributed by atoms with Gasteiger partial charge in [0.1, 0.15) is 11.2 Å². The molecule has 1 spiro atoms. The number of methoxy groups -OCH3 is 2. The topological polar surface area (TPSA) is 74.3 Å². The monoisotopic (exact) mass is 543 g/mol. The van der Waals surface area contributed by atoms with E-state index in [1.807, 2.05) is 24.3 Å². The highest BCUT2D eigenvalue weighted by Gasteiger charge is 2.70. The Labute approximate surface area is 237 Å². The second kappa shape index (κ2) is 12.1. The number of hydrogen-bond acceptors (Lipinski definition) is 6. The first-order valence-electron chi connectivity index (χ1n) is 14.2. The van der Waals surface area contributed by atoms with Crippen LogP contribution in [0, 0.1) is 5.41 Å². The van der Waals surface area contributed by atoms with Crippen LogP contribution in [-0.4, -0.2) is 67.1 Å². The summed E-state index contributed by atoms with van der Waals surface area (Å²) in [6, 6.07) is 25.0. The summed E-state index contributed by atoms with van der Waals surface area (Å²) >= 11 is 0. The summed E-state index contributed by atoms with van der Waals surface area (Å²) in [6.45, 7) is 5.69. The Bertz CT molecular complexity index is 1320. The first-order valence-corrected chi connectivity index (χ1v) is 14.2. The molecule has 0 saturated carbocycles. The Balaban J connectivity index is 1.29. The maximum Gasteiger partial charge on any atom is 0.238 e. The Morgan fingerprint density at radius 3 is 2.38 bits per heavy atom. The molecule has 5 rings (SSSR count). The minimum Gasteiger partial charge on any atom is -0.497 e. The van der Waals surface area contributed by atoms with Gasteiger partial charge in [-0.1, -0.05) is 61.5 Å². The van der Waals surface area contributed by atoms with Crippen LogP contribution in [0.5, 0.6) is 5.75 Å². The minimum atomic E-state index is -1.43. The molecule has 2 aliphatic rings. The van der Waals surface area contributed by atoms with E-state index in [4.69, 9.17) is 9.47 Å². The highest BCUT2D eigenvalue weighted by molar-refractivity contribution is 5.91. The zero-order valence-corrected chi connectivity index (χ0v) is 23.9. The second-order valence-electron chi connectivity index (χ2n) is 10.9. The van der Waals surface area contributed by atoms with Crippen molar-refractivity contribution in [3.05, 3.63) is 89.5 Å². The van der Waals surface area contributed by atoms with Gasteiger partial charge in [0, 0.05) is 26.7 Å². The van der Waals surface area contributed by atoms with Gasteiger partial charge in [0.15, 0.2) is 0 Å². The number of likely N-dealkylation sites (tertiary alicyclic amines) is 2. The number of benzene rings is 3. The van der Waals surface area contributed by atoms with E-state index in [1.165, 1.54) is 22.3 Å². The van der Waals surface area contributed by atoms with E-state index >= 15 is 0 Å². The maximum absolute atomic E-state index is 13.7. The second-order valence-corrected chi connectivity index (χ2v) is 10.9. The lowest BCUT2D eigenvalue weighted by molar-refractivity contribution is -0.288. The number of nitrogens with zero attached hydrogens (tertiary/aromatic N) is 2. The van der Waals surface area contributed by atoms with Crippen LogP contribution in [0.1, 0.15) is 36.5 Å². The van der Waals surface area contributed by atoms with Crippen molar-refractivity contribution in [1.82, 2.24) is 15.1 Å². The minimum absolute atomic E-state index is 0.000515. The largest absolute Gasteiger partial charge is 0.497 e. The molecule has 0 aromatic heterocycles. The van der Waals surface area contributed by atoms with Crippen LogP contribution in [0.15, 0.2) is 72.8 Å². The molecule has 40 heavy (non-hydrogen) atoms. The van der Waals surface area contributed by atoms with Gasteiger partial charge in [-0.3, -0.25) is 19.9 Å². The summed E-state index contributed by atoms with van der Waals surface area (Å²) < 4.78 is 10.6. The molecule has 2 heterocycles. The maximum atomic E-state index is 13.7. The zero-order valence-electron chi connectivity index (χ0n) is 23.9. The van der Waals surface area contributed by atoms with Crippen molar-refractivity contribution in [2.24, 2.45) is 5.41 Å². The fourth-order valence-electron chi connectivity index (χ4n) is 6.35. The number of carbonyl (C=O) groups excluding carboxylic acids is 1. The van der Waals surface area contributed by atoms with Crippen molar-refractivity contribution in [3.63, 3.8) is 0 Å². The summed E-state index contributed by atoms with van der Waals surface area (Å²) in [6.07, 6.45) is 2.18. The van der Waals surface area contributed by atoms with Gasteiger partial charge < -0.3 is 14.6 Å². The Kier molecular flexibility index (Phi) is 8.57. The molecule has 1 amide bonds. The van der Waals surface area contributed by atoms with Crippen LogP contribution in [0.2, 0.25) is 0 Å². The number of ether oxygens (including phenoxy) is 2. The summed E-state index contributed by atoms with van der Waals surface area (Å²) in [7, 11) is 3.26. The molecular weight excluding hydrogens is 502 g/mol. The quantitative estimate of drug-likeness (QED) is 0.212. The molecule has 212 valence electrons. The number of piperidine rings is 1. The Hall–Kier alpha value is -3.23. The molecular formula is C33H41N3O4. The standard InChI is InChI=1S/C33H41N3O4/c1-4-27-11-5-6-14-30(27)28-12-7-9-25(21-28)23-35-18-15-32(16-19-35)31(37)36(33(32,38)34-17-20-39-2)24-26-10-8-13-29(22-26)40-3/h5-14,21-22,34,38H,4,15-20,23-24H2,1-3H3. The highest BCUT2D eigenvalue weighted by atomic mass is 16.5. The van der Waals surface area contributed by atoms with Crippen LogP contribution in [0.3, 0.4) is 0 Å². The van der Waals surface area contributed by atoms with E-state index in [-0.39, 0.29) is 5.91 Å². The SMILES string of the molecule is CCc1ccccc1-c1cccc(CN2CCC3(CC2)C(=O)N(Cc2cccc(OC)c2)C3(O)NCCOC)c1. The zero-order chi connectivity index (χ0) is 28.2. The molecule has 7 nitrogen and oxygen atoms in total. The molecule has 2 aliphatic heterocycles. The van der Waals surface area contributed by atoms with Crippen LogP contribution in [0.4, 0.5) is 0 Å². The van der Waals surface area contributed by atoms with Gasteiger partial charge >= 0.3 is 0 Å². The first-order chi connectivity index (χ1) is 19.4. The van der Waals surface area contributed by atoms with Crippen molar-refractivity contribution in [1.29, 1.82) is 0 Å². The molecule has 2 fully saturated rings. The lowest BCUT2D eigenvalue weighted by Crippen LogP contribution is -2.84. The molecule has 3 aromatic rings. The van der Waals surface area contributed by atoms with Gasteiger partial charge in [-0.15, -0.1) is 0 Å². The number of hydrogen-bond donors (Lipinski definition) is 2. The smallest absolute Gasteiger partial charge is 0.238 e. The Morgan fingerprint density at radius 2 is 1.65 bits per heavy atom. The van der Waals surface area contributed by atoms with Crippen molar-refractivity contribution in [3.8, 4) is 16.9 Å². The number of aryl methyl sites for hydroxylation is 1. The molecule has 0 aliphatic carbocycles. The van der Waals surface area contributed by atoms with Crippen LogP contribution in [0.25, 0.3) is 11.1 Å². The molecule has 2 N–H and O–H groups in total. The van der Waals surface area contributed by atoms with Gasteiger partial charge in [-0.25, -0.2) is 0 Å². The van der Waals surface area contributed by atoms with Crippen LogP contribution >= 0.6 is 0 Å². The third-order valence-corrected chi connectivity index (χ3v) is 8.62. The summed E-state index contributed by atoms with van der Waals surface area (Å²) in [5.74, 6) is -0.700. The average molecular weight is 544 g/mol. The van der Waals surface area contributed by atoms with Gasteiger partial charge in [0.05, 0.1) is 13.7 Å². The molecule has 1 unspecified atom stereocenters. The molecule has 0 bridgehead atoms.